The smallest absolute Gasteiger partial charge is 0.325 e. The molecule has 0 aromatic carbocycles. The van der Waals surface area contributed by atoms with Gasteiger partial charge in [0.05, 0.1) is 13.0 Å². The van der Waals surface area contributed by atoms with E-state index in [1.165, 1.54) is 17.5 Å². The lowest BCUT2D eigenvalue weighted by atomic mass is 10.2. The van der Waals surface area contributed by atoms with E-state index in [1.807, 2.05) is 5.38 Å². The van der Waals surface area contributed by atoms with E-state index >= 15 is 0 Å². The van der Waals surface area contributed by atoms with Crippen LogP contribution in [0.4, 0.5) is 0 Å². The van der Waals surface area contributed by atoms with Crippen molar-refractivity contribution in [3.8, 4) is 0 Å². The fraction of sp³-hybridized carbons (Fsp3) is 0.385. The van der Waals surface area contributed by atoms with Crippen molar-refractivity contribution in [1.82, 2.24) is 19.9 Å². The van der Waals surface area contributed by atoms with Crippen molar-refractivity contribution in [3.05, 3.63) is 49.2 Å². The quantitative estimate of drug-likeness (QED) is 0.827. The number of carbonyl (C=O) groups is 1. The molecule has 0 radical (unpaired) electrons. The van der Waals surface area contributed by atoms with Crippen LogP contribution in [0.1, 0.15) is 23.4 Å². The van der Waals surface area contributed by atoms with Crippen LogP contribution in [-0.4, -0.2) is 31.8 Å². The maximum absolute atomic E-state index is 12.4. The van der Waals surface area contributed by atoms with E-state index in [9.17, 15) is 14.4 Å². The van der Waals surface area contributed by atoms with Crippen molar-refractivity contribution in [2.24, 2.45) is 0 Å². The van der Waals surface area contributed by atoms with Crippen molar-refractivity contribution in [2.45, 2.75) is 31.8 Å². The summed E-state index contributed by atoms with van der Waals surface area (Å²) in [6.07, 6.45) is 4.96. The Morgan fingerprint density at radius 2 is 2.24 bits per heavy atom. The molecule has 1 amide bonds. The van der Waals surface area contributed by atoms with Gasteiger partial charge < -0.3 is 9.88 Å². The van der Waals surface area contributed by atoms with E-state index < -0.39 is 11.2 Å². The molecule has 0 aliphatic heterocycles. The number of amides is 1. The highest BCUT2D eigenvalue weighted by molar-refractivity contribution is 7.09. The SMILES string of the molecule is O=C(Cc1c[nH]c(=O)[nH]c1=O)N(Cc1nccs1)C1CC1. The average Bonchev–Trinajstić information content (AvgIpc) is 3.16. The number of nitrogens with one attached hydrogen (secondary N) is 2. The summed E-state index contributed by atoms with van der Waals surface area (Å²) in [4.78, 5) is 45.5. The van der Waals surface area contributed by atoms with Crippen LogP contribution in [-0.2, 0) is 17.8 Å². The van der Waals surface area contributed by atoms with E-state index in [4.69, 9.17) is 0 Å². The number of rotatable bonds is 5. The molecule has 2 aromatic rings. The molecular weight excluding hydrogens is 292 g/mol. The summed E-state index contributed by atoms with van der Waals surface area (Å²) >= 11 is 1.50. The van der Waals surface area contributed by atoms with Crippen LogP contribution in [0.3, 0.4) is 0 Å². The van der Waals surface area contributed by atoms with Crippen molar-refractivity contribution in [1.29, 1.82) is 0 Å². The Kier molecular flexibility index (Phi) is 3.70. The molecule has 1 aliphatic rings. The van der Waals surface area contributed by atoms with Gasteiger partial charge in [-0.2, -0.15) is 0 Å². The third kappa shape index (κ3) is 3.27. The number of aromatic nitrogens is 3. The van der Waals surface area contributed by atoms with E-state index in [1.54, 1.807) is 11.1 Å². The van der Waals surface area contributed by atoms with E-state index in [0.29, 0.717) is 6.54 Å². The minimum Gasteiger partial charge on any atom is -0.333 e. The molecule has 0 saturated heterocycles. The Labute approximate surface area is 123 Å². The van der Waals surface area contributed by atoms with Crippen LogP contribution in [0.5, 0.6) is 0 Å². The Morgan fingerprint density at radius 1 is 1.43 bits per heavy atom. The number of hydrogen-bond donors (Lipinski definition) is 2. The highest BCUT2D eigenvalue weighted by Crippen LogP contribution is 2.29. The maximum Gasteiger partial charge on any atom is 0.325 e. The molecule has 8 heteroatoms. The first-order valence-electron chi connectivity index (χ1n) is 6.62. The van der Waals surface area contributed by atoms with Gasteiger partial charge in [0.25, 0.3) is 5.56 Å². The number of hydrogen-bond acceptors (Lipinski definition) is 5. The summed E-state index contributed by atoms with van der Waals surface area (Å²) in [6.45, 7) is 0.475. The summed E-state index contributed by atoms with van der Waals surface area (Å²) in [5.74, 6) is -0.120. The Morgan fingerprint density at radius 3 is 2.86 bits per heavy atom. The topological polar surface area (TPSA) is 98.9 Å². The molecule has 2 aromatic heterocycles. The van der Waals surface area contributed by atoms with Crippen LogP contribution >= 0.6 is 11.3 Å². The fourth-order valence-electron chi connectivity index (χ4n) is 2.12. The molecule has 21 heavy (non-hydrogen) atoms. The standard InChI is InChI=1S/C13H14N4O3S/c18-11(5-8-6-15-13(20)16-12(8)19)17(9-1-2-9)7-10-14-3-4-21-10/h3-4,6,9H,1-2,5,7H2,(H2,15,16,19,20). The van der Waals surface area contributed by atoms with Gasteiger partial charge in [-0.1, -0.05) is 0 Å². The largest absolute Gasteiger partial charge is 0.333 e. The van der Waals surface area contributed by atoms with Gasteiger partial charge in [-0.3, -0.25) is 14.6 Å². The lowest BCUT2D eigenvalue weighted by Gasteiger charge is -2.21. The Balaban J connectivity index is 1.75. The number of H-pyrrole nitrogens is 2. The minimum atomic E-state index is -0.571. The third-order valence-electron chi connectivity index (χ3n) is 3.33. The monoisotopic (exact) mass is 306 g/mol. The molecule has 1 saturated carbocycles. The molecule has 0 unspecified atom stereocenters. The first-order valence-corrected chi connectivity index (χ1v) is 7.50. The third-order valence-corrected chi connectivity index (χ3v) is 4.10. The van der Waals surface area contributed by atoms with Gasteiger partial charge in [0, 0.05) is 29.4 Å². The second-order valence-electron chi connectivity index (χ2n) is 4.95. The van der Waals surface area contributed by atoms with Gasteiger partial charge >= 0.3 is 5.69 Å². The second kappa shape index (κ2) is 5.65. The zero-order valence-corrected chi connectivity index (χ0v) is 12.0. The van der Waals surface area contributed by atoms with Gasteiger partial charge in [0.15, 0.2) is 0 Å². The van der Waals surface area contributed by atoms with Gasteiger partial charge in [0.1, 0.15) is 5.01 Å². The fourth-order valence-corrected chi connectivity index (χ4v) is 2.73. The van der Waals surface area contributed by atoms with Crippen LogP contribution in [0.25, 0.3) is 0 Å². The predicted octanol–water partition coefficient (Wildman–Crippen LogP) is 0.253. The number of thiazole rings is 1. The molecule has 3 rings (SSSR count). The molecule has 2 heterocycles. The van der Waals surface area contributed by atoms with Crippen molar-refractivity contribution in [2.75, 3.05) is 0 Å². The van der Waals surface area contributed by atoms with E-state index in [2.05, 4.69) is 15.0 Å². The molecule has 110 valence electrons. The van der Waals surface area contributed by atoms with Crippen LogP contribution < -0.4 is 11.2 Å². The first kappa shape index (κ1) is 13.7. The molecule has 2 N–H and O–H groups in total. The molecule has 7 nitrogen and oxygen atoms in total. The van der Waals surface area contributed by atoms with Gasteiger partial charge in [-0.05, 0) is 12.8 Å². The summed E-state index contributed by atoms with van der Waals surface area (Å²) in [7, 11) is 0. The van der Waals surface area contributed by atoms with Crippen LogP contribution in [0, 0.1) is 0 Å². The lowest BCUT2D eigenvalue weighted by molar-refractivity contribution is -0.131. The van der Waals surface area contributed by atoms with Crippen LogP contribution in [0.15, 0.2) is 27.4 Å². The maximum atomic E-state index is 12.4. The summed E-state index contributed by atoms with van der Waals surface area (Å²) in [5.41, 5.74) is -0.820. The highest BCUT2D eigenvalue weighted by Gasteiger charge is 2.33. The number of aromatic amines is 2. The summed E-state index contributed by atoms with van der Waals surface area (Å²) < 4.78 is 0. The van der Waals surface area contributed by atoms with E-state index in [0.717, 1.165) is 17.8 Å². The van der Waals surface area contributed by atoms with Crippen molar-refractivity contribution < 1.29 is 4.79 Å². The first-order chi connectivity index (χ1) is 10.1. The summed E-state index contributed by atoms with van der Waals surface area (Å²) in [6, 6.07) is 0.239. The number of nitrogens with zero attached hydrogens (tertiary/aromatic N) is 2. The van der Waals surface area contributed by atoms with Gasteiger partial charge in [0.2, 0.25) is 5.91 Å². The Bertz CT molecular complexity index is 745. The Hall–Kier alpha value is -2.22. The summed E-state index contributed by atoms with van der Waals surface area (Å²) in [5, 5.41) is 2.75. The normalized spacial score (nSPS) is 14.1. The molecule has 0 atom stereocenters. The van der Waals surface area contributed by atoms with Crippen molar-refractivity contribution >= 4 is 17.2 Å². The zero-order valence-electron chi connectivity index (χ0n) is 11.2. The minimum absolute atomic E-state index is 0.0199. The second-order valence-corrected chi connectivity index (χ2v) is 5.93. The molecule has 1 fully saturated rings. The molecule has 1 aliphatic carbocycles. The lowest BCUT2D eigenvalue weighted by Crippen LogP contribution is -2.36. The zero-order chi connectivity index (χ0) is 14.8. The van der Waals surface area contributed by atoms with Crippen LogP contribution in [0.2, 0.25) is 0 Å². The number of carbonyl (C=O) groups excluding carboxylic acids is 1. The van der Waals surface area contributed by atoms with Crippen molar-refractivity contribution in [3.63, 3.8) is 0 Å². The van der Waals surface area contributed by atoms with Gasteiger partial charge in [-0.25, -0.2) is 9.78 Å². The van der Waals surface area contributed by atoms with E-state index in [-0.39, 0.29) is 23.9 Å². The predicted molar refractivity (Wildman–Crippen MR) is 77.1 cm³/mol. The average molecular weight is 306 g/mol. The molecular formula is C13H14N4O3S. The highest BCUT2D eigenvalue weighted by atomic mass is 32.1. The van der Waals surface area contributed by atoms with Gasteiger partial charge in [-0.15, -0.1) is 11.3 Å². The molecule has 0 spiro atoms. The molecule has 0 bridgehead atoms.